The highest BCUT2D eigenvalue weighted by molar-refractivity contribution is 7.99. The number of hydrogen-bond acceptors (Lipinski definition) is 3. The Bertz CT molecular complexity index is 308. The summed E-state index contributed by atoms with van der Waals surface area (Å²) in [7, 11) is 0. The molecule has 0 aromatic heterocycles. The van der Waals surface area contributed by atoms with E-state index in [-0.39, 0.29) is 13.0 Å². The van der Waals surface area contributed by atoms with Gasteiger partial charge in [-0.05, 0) is 0 Å². The van der Waals surface area contributed by atoms with Crippen LogP contribution in [0.4, 0.5) is 13.2 Å². The molecular formula is C9H12F3NO3S. The molecule has 0 aromatic carbocycles. The first kappa shape index (κ1) is 14.1. The molecule has 4 nitrogen and oxygen atoms in total. The molecular weight excluding hydrogens is 259 g/mol. The number of carboxylic acid groups (broad SMARTS) is 1. The van der Waals surface area contributed by atoms with Crippen molar-refractivity contribution in [2.45, 2.75) is 25.1 Å². The summed E-state index contributed by atoms with van der Waals surface area (Å²) in [6.07, 6.45) is -6.38. The lowest BCUT2D eigenvalue weighted by molar-refractivity contribution is -0.163. The van der Waals surface area contributed by atoms with Crippen molar-refractivity contribution in [1.29, 1.82) is 0 Å². The normalized spacial score (nSPS) is 21.4. The van der Waals surface area contributed by atoms with Gasteiger partial charge >= 0.3 is 12.1 Å². The summed E-state index contributed by atoms with van der Waals surface area (Å²) in [5.41, 5.74) is 0. The largest absolute Gasteiger partial charge is 0.481 e. The number of aliphatic carboxylic acids is 1. The fourth-order valence-corrected chi connectivity index (χ4v) is 2.69. The average molecular weight is 271 g/mol. The highest BCUT2D eigenvalue weighted by Crippen LogP contribution is 2.25. The zero-order valence-electron chi connectivity index (χ0n) is 8.87. The summed E-state index contributed by atoms with van der Waals surface area (Å²) in [6, 6.07) is -0.638. The molecule has 0 radical (unpaired) electrons. The maximum Gasteiger partial charge on any atom is 0.397 e. The number of amides is 1. The van der Waals surface area contributed by atoms with E-state index in [1.165, 1.54) is 11.8 Å². The number of carboxylic acids is 1. The van der Waals surface area contributed by atoms with Crippen molar-refractivity contribution in [3.63, 3.8) is 0 Å². The third-order valence-electron chi connectivity index (χ3n) is 2.31. The lowest BCUT2D eigenvalue weighted by Gasteiger charge is -2.34. The van der Waals surface area contributed by atoms with Gasteiger partial charge in [-0.1, -0.05) is 0 Å². The molecule has 0 saturated carbocycles. The van der Waals surface area contributed by atoms with Crippen molar-refractivity contribution in [3.8, 4) is 0 Å². The predicted octanol–water partition coefficient (Wildman–Crippen LogP) is 1.36. The van der Waals surface area contributed by atoms with E-state index in [2.05, 4.69) is 0 Å². The molecule has 0 aliphatic carbocycles. The monoisotopic (exact) mass is 271 g/mol. The molecule has 1 N–H and O–H groups in total. The van der Waals surface area contributed by atoms with Crippen molar-refractivity contribution in [2.75, 3.05) is 18.1 Å². The van der Waals surface area contributed by atoms with E-state index >= 15 is 0 Å². The van der Waals surface area contributed by atoms with Gasteiger partial charge in [-0.3, -0.25) is 9.59 Å². The average Bonchev–Trinajstić information content (AvgIpc) is 2.14. The standard InChI is InChI=1S/C9H12F3NO3S/c10-9(11,12)4-7(14)13-1-2-17-5-6(13)3-8(15)16/h6H,1-5H2,(H,15,16). The molecule has 1 rings (SSSR count). The molecule has 8 heteroatoms. The zero-order chi connectivity index (χ0) is 13.1. The summed E-state index contributed by atoms with van der Waals surface area (Å²) in [5, 5.41) is 8.63. The molecule has 98 valence electrons. The maximum atomic E-state index is 12.1. The van der Waals surface area contributed by atoms with Gasteiger partial charge in [-0.2, -0.15) is 24.9 Å². The van der Waals surface area contributed by atoms with Crippen LogP contribution in [-0.4, -0.2) is 52.2 Å². The highest BCUT2D eigenvalue weighted by atomic mass is 32.2. The summed E-state index contributed by atoms with van der Waals surface area (Å²) in [5.74, 6) is -1.23. The quantitative estimate of drug-likeness (QED) is 0.842. The molecule has 1 atom stereocenters. The fraction of sp³-hybridized carbons (Fsp3) is 0.778. The molecule has 17 heavy (non-hydrogen) atoms. The SMILES string of the molecule is O=C(O)CC1CSCCN1C(=O)CC(F)(F)F. The third kappa shape index (κ3) is 4.84. The van der Waals surface area contributed by atoms with Gasteiger partial charge in [0, 0.05) is 18.1 Å². The van der Waals surface area contributed by atoms with E-state index in [1.807, 2.05) is 0 Å². The third-order valence-corrected chi connectivity index (χ3v) is 3.40. The van der Waals surface area contributed by atoms with Crippen molar-refractivity contribution >= 4 is 23.6 Å². The van der Waals surface area contributed by atoms with Crippen LogP contribution in [0.15, 0.2) is 0 Å². The minimum Gasteiger partial charge on any atom is -0.481 e. The molecule has 1 amide bonds. The number of hydrogen-bond donors (Lipinski definition) is 1. The van der Waals surface area contributed by atoms with Crippen LogP contribution < -0.4 is 0 Å². The number of thioether (sulfide) groups is 1. The van der Waals surface area contributed by atoms with Crippen LogP contribution in [0, 0.1) is 0 Å². The molecule has 1 unspecified atom stereocenters. The Balaban J connectivity index is 2.64. The van der Waals surface area contributed by atoms with Gasteiger partial charge in [0.2, 0.25) is 5.91 Å². The number of alkyl halides is 3. The zero-order valence-corrected chi connectivity index (χ0v) is 9.68. The number of rotatable bonds is 3. The second-order valence-corrected chi connectivity index (χ2v) is 4.86. The Morgan fingerprint density at radius 2 is 2.06 bits per heavy atom. The maximum absolute atomic E-state index is 12.1. The number of nitrogens with zero attached hydrogens (tertiary/aromatic N) is 1. The van der Waals surface area contributed by atoms with E-state index in [1.54, 1.807) is 0 Å². The number of carbonyl (C=O) groups is 2. The predicted molar refractivity (Wildman–Crippen MR) is 55.8 cm³/mol. The minimum atomic E-state index is -4.55. The van der Waals surface area contributed by atoms with Gasteiger partial charge in [0.15, 0.2) is 0 Å². The first-order valence-corrected chi connectivity index (χ1v) is 6.11. The van der Waals surface area contributed by atoms with Crippen molar-refractivity contribution in [3.05, 3.63) is 0 Å². The summed E-state index contributed by atoms with van der Waals surface area (Å²) >= 11 is 1.45. The minimum absolute atomic E-state index is 0.178. The van der Waals surface area contributed by atoms with Gasteiger partial charge in [0.05, 0.1) is 12.5 Å². The number of carbonyl (C=O) groups excluding carboxylic acids is 1. The molecule has 1 saturated heterocycles. The van der Waals surface area contributed by atoms with Crippen molar-refractivity contribution in [2.24, 2.45) is 0 Å². The van der Waals surface area contributed by atoms with Crippen LogP contribution in [0.25, 0.3) is 0 Å². The van der Waals surface area contributed by atoms with E-state index in [4.69, 9.17) is 5.11 Å². The van der Waals surface area contributed by atoms with Gasteiger partial charge in [0.1, 0.15) is 6.42 Å². The topological polar surface area (TPSA) is 57.6 Å². The van der Waals surface area contributed by atoms with Gasteiger partial charge in [0.25, 0.3) is 0 Å². The Labute approximate surface area is 100 Å². The summed E-state index contributed by atoms with van der Waals surface area (Å²) < 4.78 is 36.2. The van der Waals surface area contributed by atoms with Crippen LogP contribution in [0.3, 0.4) is 0 Å². The van der Waals surface area contributed by atoms with E-state index in [0.717, 1.165) is 4.90 Å². The smallest absolute Gasteiger partial charge is 0.397 e. The second-order valence-electron chi connectivity index (χ2n) is 3.71. The van der Waals surface area contributed by atoms with Gasteiger partial charge in [-0.25, -0.2) is 0 Å². The van der Waals surface area contributed by atoms with Crippen LogP contribution in [0.2, 0.25) is 0 Å². The molecule has 0 aromatic rings. The molecule has 1 heterocycles. The molecule has 0 spiro atoms. The van der Waals surface area contributed by atoms with Crippen LogP contribution in [0.5, 0.6) is 0 Å². The lowest BCUT2D eigenvalue weighted by Crippen LogP contribution is -2.48. The Hall–Kier alpha value is -0.920. The van der Waals surface area contributed by atoms with E-state index in [0.29, 0.717) is 11.5 Å². The van der Waals surface area contributed by atoms with Crippen molar-refractivity contribution in [1.82, 2.24) is 4.90 Å². The van der Waals surface area contributed by atoms with Crippen LogP contribution >= 0.6 is 11.8 Å². The highest BCUT2D eigenvalue weighted by Gasteiger charge is 2.37. The summed E-state index contributed by atoms with van der Waals surface area (Å²) in [6.45, 7) is 0.178. The Kier molecular flexibility index (Phi) is 4.67. The first-order chi connectivity index (χ1) is 7.79. The fourth-order valence-electron chi connectivity index (χ4n) is 1.63. The van der Waals surface area contributed by atoms with Gasteiger partial charge < -0.3 is 10.0 Å². The lowest BCUT2D eigenvalue weighted by atomic mass is 10.2. The summed E-state index contributed by atoms with van der Waals surface area (Å²) in [4.78, 5) is 23.0. The molecule has 1 aliphatic heterocycles. The molecule has 0 bridgehead atoms. The molecule has 1 aliphatic rings. The Morgan fingerprint density at radius 1 is 1.41 bits per heavy atom. The van der Waals surface area contributed by atoms with Crippen LogP contribution in [-0.2, 0) is 9.59 Å². The van der Waals surface area contributed by atoms with Crippen LogP contribution in [0.1, 0.15) is 12.8 Å². The van der Waals surface area contributed by atoms with Crippen molar-refractivity contribution < 1.29 is 27.9 Å². The van der Waals surface area contributed by atoms with E-state index in [9.17, 15) is 22.8 Å². The molecule has 1 fully saturated rings. The van der Waals surface area contributed by atoms with Gasteiger partial charge in [-0.15, -0.1) is 0 Å². The number of halogens is 3. The Morgan fingerprint density at radius 3 is 2.59 bits per heavy atom. The second kappa shape index (κ2) is 5.61. The van der Waals surface area contributed by atoms with E-state index < -0.39 is 30.5 Å². The first-order valence-electron chi connectivity index (χ1n) is 4.95.